The number of halogens is 3. The largest absolute Gasteiger partial charge is 0.494 e. The Morgan fingerprint density at radius 1 is 0.846 bits per heavy atom. The van der Waals surface area contributed by atoms with Gasteiger partial charge in [0.25, 0.3) is 0 Å². The van der Waals surface area contributed by atoms with Crippen molar-refractivity contribution in [1.82, 2.24) is 4.90 Å². The molecule has 1 aliphatic heterocycles. The normalized spacial score (nSPS) is 14.8. The van der Waals surface area contributed by atoms with Crippen LogP contribution in [0.15, 0.2) is 48.5 Å². The number of hydrogen-bond acceptors (Lipinski definition) is 3. The highest BCUT2D eigenvalue weighted by molar-refractivity contribution is 6.33. The van der Waals surface area contributed by atoms with Crippen LogP contribution in [0.1, 0.15) is 12.8 Å². The lowest BCUT2D eigenvalue weighted by Crippen LogP contribution is -2.46. The number of para-hydroxylation sites is 1. The van der Waals surface area contributed by atoms with E-state index in [1.54, 1.807) is 0 Å². The summed E-state index contributed by atoms with van der Waals surface area (Å²) in [7, 11) is 0. The zero-order chi connectivity index (χ0) is 17.5. The number of anilines is 1. The zero-order valence-corrected chi connectivity index (χ0v) is 17.1. The second kappa shape index (κ2) is 10.9. The molecule has 0 amide bonds. The second-order valence-electron chi connectivity index (χ2n) is 6.29. The molecule has 2 aromatic carbocycles. The number of unbranched alkanes of at least 4 members (excludes halogenated alkanes) is 1. The van der Waals surface area contributed by atoms with Gasteiger partial charge in [0.1, 0.15) is 5.75 Å². The van der Waals surface area contributed by atoms with Gasteiger partial charge in [-0.15, -0.1) is 12.4 Å². The molecule has 0 bridgehead atoms. The first-order valence-electron chi connectivity index (χ1n) is 8.82. The Morgan fingerprint density at radius 3 is 2.23 bits per heavy atom. The van der Waals surface area contributed by atoms with E-state index in [1.807, 2.05) is 42.5 Å². The topological polar surface area (TPSA) is 15.7 Å². The summed E-state index contributed by atoms with van der Waals surface area (Å²) in [5.41, 5.74) is 1.15. The summed E-state index contributed by atoms with van der Waals surface area (Å²) in [5, 5.41) is 1.58. The first-order valence-corrected chi connectivity index (χ1v) is 9.58. The molecule has 6 heteroatoms. The standard InChI is InChI=1S/C20H24Cl2N2O.ClH/c21-17-7-9-18(10-8-17)25-16-4-3-11-23-12-14-24(15-13-23)20-6-2-1-5-19(20)22;/h1-2,5-10H,3-4,11-16H2;1H. The summed E-state index contributed by atoms with van der Waals surface area (Å²) >= 11 is 12.2. The fraction of sp³-hybridized carbons (Fsp3) is 0.400. The molecule has 0 unspecified atom stereocenters. The second-order valence-corrected chi connectivity index (χ2v) is 7.13. The van der Waals surface area contributed by atoms with Crippen LogP contribution in [-0.4, -0.2) is 44.2 Å². The molecule has 2 aromatic rings. The summed E-state index contributed by atoms with van der Waals surface area (Å²) in [5.74, 6) is 0.887. The molecule has 0 spiro atoms. The summed E-state index contributed by atoms with van der Waals surface area (Å²) in [6, 6.07) is 15.6. The zero-order valence-electron chi connectivity index (χ0n) is 14.7. The van der Waals surface area contributed by atoms with Crippen LogP contribution in [-0.2, 0) is 0 Å². The molecule has 1 saturated heterocycles. The van der Waals surface area contributed by atoms with Gasteiger partial charge in [-0.05, 0) is 55.8 Å². The van der Waals surface area contributed by atoms with Gasteiger partial charge in [-0.2, -0.15) is 0 Å². The fourth-order valence-electron chi connectivity index (χ4n) is 3.08. The molecule has 1 aliphatic rings. The van der Waals surface area contributed by atoms with E-state index in [1.165, 1.54) is 0 Å². The first kappa shape index (κ1) is 21.2. The average molecular weight is 416 g/mol. The van der Waals surface area contributed by atoms with Crippen LogP contribution in [0.25, 0.3) is 0 Å². The van der Waals surface area contributed by atoms with Gasteiger partial charge in [-0.3, -0.25) is 4.90 Å². The Bertz CT molecular complexity index is 658. The maximum Gasteiger partial charge on any atom is 0.119 e. The number of nitrogens with zero attached hydrogens (tertiary/aromatic N) is 2. The lowest BCUT2D eigenvalue weighted by molar-refractivity contribution is 0.238. The van der Waals surface area contributed by atoms with Gasteiger partial charge in [-0.25, -0.2) is 0 Å². The van der Waals surface area contributed by atoms with E-state index in [9.17, 15) is 0 Å². The van der Waals surface area contributed by atoms with Gasteiger partial charge in [0.2, 0.25) is 0 Å². The number of piperazine rings is 1. The predicted octanol–water partition coefficient (Wildman–Crippen LogP) is 5.40. The van der Waals surface area contributed by atoms with Gasteiger partial charge in [0.05, 0.1) is 17.3 Å². The molecular weight excluding hydrogens is 391 g/mol. The molecule has 1 heterocycles. The highest BCUT2D eigenvalue weighted by atomic mass is 35.5. The Hall–Kier alpha value is -1.13. The van der Waals surface area contributed by atoms with E-state index < -0.39 is 0 Å². The molecule has 26 heavy (non-hydrogen) atoms. The summed E-state index contributed by atoms with van der Waals surface area (Å²) in [6.07, 6.45) is 2.22. The van der Waals surface area contributed by atoms with Crippen LogP contribution in [0.4, 0.5) is 5.69 Å². The van der Waals surface area contributed by atoms with E-state index in [0.717, 1.165) is 73.7 Å². The van der Waals surface area contributed by atoms with Crippen LogP contribution in [0.5, 0.6) is 5.75 Å². The molecule has 0 aliphatic carbocycles. The maximum absolute atomic E-state index is 6.29. The van der Waals surface area contributed by atoms with Crippen molar-refractivity contribution in [2.24, 2.45) is 0 Å². The first-order chi connectivity index (χ1) is 12.2. The Kier molecular flexibility index (Phi) is 8.86. The molecule has 0 N–H and O–H groups in total. The van der Waals surface area contributed by atoms with E-state index >= 15 is 0 Å². The molecule has 3 nitrogen and oxygen atoms in total. The van der Waals surface area contributed by atoms with Crippen molar-refractivity contribution in [2.45, 2.75) is 12.8 Å². The van der Waals surface area contributed by atoms with Crippen molar-refractivity contribution in [3.63, 3.8) is 0 Å². The molecule has 0 atom stereocenters. The van der Waals surface area contributed by atoms with E-state index in [0.29, 0.717) is 0 Å². The van der Waals surface area contributed by atoms with Crippen molar-refractivity contribution in [3.05, 3.63) is 58.6 Å². The lowest BCUT2D eigenvalue weighted by atomic mass is 10.2. The van der Waals surface area contributed by atoms with Crippen molar-refractivity contribution < 1.29 is 4.74 Å². The van der Waals surface area contributed by atoms with Gasteiger partial charge >= 0.3 is 0 Å². The van der Waals surface area contributed by atoms with E-state index in [4.69, 9.17) is 27.9 Å². The predicted molar refractivity (Wildman–Crippen MR) is 114 cm³/mol. The number of hydrogen-bond donors (Lipinski definition) is 0. The van der Waals surface area contributed by atoms with Gasteiger partial charge in [0, 0.05) is 31.2 Å². The Balaban J connectivity index is 0.00000243. The van der Waals surface area contributed by atoms with Crippen LogP contribution < -0.4 is 9.64 Å². The highest BCUT2D eigenvalue weighted by Gasteiger charge is 2.18. The fourth-order valence-corrected chi connectivity index (χ4v) is 3.46. The minimum atomic E-state index is 0. The molecule has 3 rings (SSSR count). The summed E-state index contributed by atoms with van der Waals surface area (Å²) < 4.78 is 5.74. The SMILES string of the molecule is Cl.Clc1ccc(OCCCCN2CCN(c3ccccc3Cl)CC2)cc1. The molecule has 0 saturated carbocycles. The number of ether oxygens (including phenoxy) is 1. The Labute approximate surface area is 172 Å². The maximum atomic E-state index is 6.29. The third-order valence-corrected chi connectivity index (χ3v) is 5.09. The minimum absolute atomic E-state index is 0. The van der Waals surface area contributed by atoms with Crippen molar-refractivity contribution >= 4 is 41.3 Å². The van der Waals surface area contributed by atoms with Gasteiger partial charge in [0.15, 0.2) is 0 Å². The van der Waals surface area contributed by atoms with E-state index in [-0.39, 0.29) is 12.4 Å². The molecule has 0 radical (unpaired) electrons. The lowest BCUT2D eigenvalue weighted by Gasteiger charge is -2.36. The molecule has 142 valence electrons. The smallest absolute Gasteiger partial charge is 0.119 e. The number of rotatable bonds is 7. The van der Waals surface area contributed by atoms with E-state index in [2.05, 4.69) is 15.9 Å². The third-order valence-electron chi connectivity index (χ3n) is 4.52. The number of benzene rings is 2. The van der Waals surface area contributed by atoms with Gasteiger partial charge < -0.3 is 9.64 Å². The summed E-state index contributed by atoms with van der Waals surface area (Å²) in [6.45, 7) is 6.12. The highest BCUT2D eigenvalue weighted by Crippen LogP contribution is 2.26. The van der Waals surface area contributed by atoms with Crippen LogP contribution in [0, 0.1) is 0 Å². The monoisotopic (exact) mass is 414 g/mol. The molecular formula is C20H25Cl3N2O. The van der Waals surface area contributed by atoms with Crippen molar-refractivity contribution in [2.75, 3.05) is 44.2 Å². The van der Waals surface area contributed by atoms with Crippen LogP contribution in [0.2, 0.25) is 10.0 Å². The molecule has 0 aromatic heterocycles. The average Bonchev–Trinajstić information content (AvgIpc) is 2.64. The third kappa shape index (κ3) is 6.24. The van der Waals surface area contributed by atoms with Crippen LogP contribution >= 0.6 is 35.6 Å². The molecule has 1 fully saturated rings. The van der Waals surface area contributed by atoms with Crippen molar-refractivity contribution in [1.29, 1.82) is 0 Å². The Morgan fingerprint density at radius 2 is 1.54 bits per heavy atom. The van der Waals surface area contributed by atoms with Crippen molar-refractivity contribution in [3.8, 4) is 5.75 Å². The summed E-state index contributed by atoms with van der Waals surface area (Å²) in [4.78, 5) is 4.90. The quantitative estimate of drug-likeness (QED) is 0.563. The van der Waals surface area contributed by atoms with Gasteiger partial charge in [-0.1, -0.05) is 35.3 Å². The minimum Gasteiger partial charge on any atom is -0.494 e. The van der Waals surface area contributed by atoms with Crippen LogP contribution in [0.3, 0.4) is 0 Å².